The van der Waals surface area contributed by atoms with E-state index >= 15 is 0 Å². The van der Waals surface area contributed by atoms with Gasteiger partial charge < -0.3 is 5.32 Å². The van der Waals surface area contributed by atoms with Crippen LogP contribution < -0.4 is 5.32 Å². The van der Waals surface area contributed by atoms with Crippen molar-refractivity contribution in [2.24, 2.45) is 5.92 Å². The molecule has 0 saturated carbocycles. The van der Waals surface area contributed by atoms with Crippen molar-refractivity contribution in [3.8, 4) is 0 Å². The van der Waals surface area contributed by atoms with Gasteiger partial charge in [0.15, 0.2) is 5.13 Å². The van der Waals surface area contributed by atoms with Gasteiger partial charge in [-0.25, -0.2) is 13.4 Å². The van der Waals surface area contributed by atoms with E-state index in [4.69, 9.17) is 0 Å². The molecule has 2 aromatic carbocycles. The van der Waals surface area contributed by atoms with Gasteiger partial charge in [-0.15, -0.1) is 11.3 Å². The lowest BCUT2D eigenvalue weighted by Crippen LogP contribution is -2.41. The summed E-state index contributed by atoms with van der Waals surface area (Å²) in [6.45, 7) is 2.55. The minimum Gasteiger partial charge on any atom is -0.302 e. The lowest BCUT2D eigenvalue weighted by molar-refractivity contribution is -0.120. The molecule has 1 aliphatic heterocycles. The van der Waals surface area contributed by atoms with Crippen LogP contribution in [-0.4, -0.2) is 36.7 Å². The SMILES string of the molecule is Cc1csc(NC(=O)C2CCN(S(=O)(=O)c3ccc4ccccc4c3)CC2)n1. The Morgan fingerprint density at radius 3 is 2.54 bits per heavy atom. The molecule has 4 rings (SSSR count). The molecule has 0 bridgehead atoms. The first kappa shape index (κ1) is 19.0. The minimum atomic E-state index is -3.57. The zero-order valence-corrected chi connectivity index (χ0v) is 17.1. The Labute approximate surface area is 168 Å². The highest BCUT2D eigenvalue weighted by Crippen LogP contribution is 2.27. The van der Waals surface area contributed by atoms with E-state index in [1.165, 1.54) is 15.6 Å². The Hall–Kier alpha value is -2.29. The predicted octanol–water partition coefficient (Wildman–Crippen LogP) is 3.64. The first-order valence-electron chi connectivity index (χ1n) is 9.15. The number of hydrogen-bond acceptors (Lipinski definition) is 5. The number of rotatable bonds is 4. The number of benzene rings is 2. The van der Waals surface area contributed by atoms with Crippen LogP contribution >= 0.6 is 11.3 Å². The van der Waals surface area contributed by atoms with Crippen LogP contribution in [0.1, 0.15) is 18.5 Å². The molecule has 0 radical (unpaired) electrons. The number of anilines is 1. The van der Waals surface area contributed by atoms with Gasteiger partial charge in [-0.05, 0) is 42.7 Å². The number of carbonyl (C=O) groups excluding carboxylic acids is 1. The van der Waals surface area contributed by atoms with Gasteiger partial charge in [0.1, 0.15) is 0 Å². The molecule has 1 saturated heterocycles. The molecular formula is C20H21N3O3S2. The number of amides is 1. The predicted molar refractivity (Wildman–Crippen MR) is 111 cm³/mol. The second-order valence-corrected chi connectivity index (χ2v) is 9.77. The van der Waals surface area contributed by atoms with Crippen molar-refractivity contribution in [2.75, 3.05) is 18.4 Å². The lowest BCUT2D eigenvalue weighted by atomic mass is 9.97. The molecule has 2 heterocycles. The van der Waals surface area contributed by atoms with Crippen molar-refractivity contribution < 1.29 is 13.2 Å². The molecule has 0 atom stereocenters. The molecule has 1 aromatic heterocycles. The molecule has 8 heteroatoms. The highest BCUT2D eigenvalue weighted by Gasteiger charge is 2.32. The van der Waals surface area contributed by atoms with Gasteiger partial charge in [-0.1, -0.05) is 30.3 Å². The van der Waals surface area contributed by atoms with E-state index in [-0.39, 0.29) is 11.8 Å². The van der Waals surface area contributed by atoms with Crippen LogP contribution in [0.15, 0.2) is 52.7 Å². The van der Waals surface area contributed by atoms with Crippen LogP contribution in [0.2, 0.25) is 0 Å². The maximum absolute atomic E-state index is 13.0. The van der Waals surface area contributed by atoms with Crippen molar-refractivity contribution in [1.29, 1.82) is 0 Å². The van der Waals surface area contributed by atoms with Crippen LogP contribution in [0.3, 0.4) is 0 Å². The van der Waals surface area contributed by atoms with Crippen molar-refractivity contribution in [3.05, 3.63) is 53.5 Å². The molecule has 6 nitrogen and oxygen atoms in total. The summed E-state index contributed by atoms with van der Waals surface area (Å²) in [7, 11) is -3.57. The summed E-state index contributed by atoms with van der Waals surface area (Å²) in [6, 6.07) is 12.9. The molecular weight excluding hydrogens is 394 g/mol. The van der Waals surface area contributed by atoms with E-state index in [1.54, 1.807) is 12.1 Å². The Bertz CT molecular complexity index is 1120. The number of carbonyl (C=O) groups is 1. The number of nitrogens with zero attached hydrogens (tertiary/aromatic N) is 2. The third-order valence-electron chi connectivity index (χ3n) is 5.03. The van der Waals surface area contributed by atoms with E-state index in [9.17, 15) is 13.2 Å². The van der Waals surface area contributed by atoms with Crippen molar-refractivity contribution in [1.82, 2.24) is 9.29 Å². The second-order valence-electron chi connectivity index (χ2n) is 6.97. The van der Waals surface area contributed by atoms with Gasteiger partial charge in [-0.3, -0.25) is 4.79 Å². The van der Waals surface area contributed by atoms with Crippen LogP contribution in [-0.2, 0) is 14.8 Å². The van der Waals surface area contributed by atoms with Crippen molar-refractivity contribution in [3.63, 3.8) is 0 Å². The van der Waals surface area contributed by atoms with E-state index < -0.39 is 10.0 Å². The van der Waals surface area contributed by atoms with E-state index in [1.807, 2.05) is 42.6 Å². The number of fused-ring (bicyclic) bond motifs is 1. The molecule has 1 N–H and O–H groups in total. The third-order valence-corrected chi connectivity index (χ3v) is 7.80. The van der Waals surface area contributed by atoms with Crippen LogP contribution in [0.5, 0.6) is 0 Å². The highest BCUT2D eigenvalue weighted by molar-refractivity contribution is 7.89. The molecule has 1 aliphatic rings. The summed E-state index contributed by atoms with van der Waals surface area (Å²) in [6.07, 6.45) is 1.01. The standard InChI is InChI=1S/C20H21N3O3S2/c1-14-13-27-20(21-14)22-19(24)16-8-10-23(11-9-16)28(25,26)18-7-6-15-4-2-3-5-17(15)12-18/h2-7,12-13,16H,8-11H2,1H3,(H,21,22,24). The molecule has 28 heavy (non-hydrogen) atoms. The zero-order chi connectivity index (χ0) is 19.7. The molecule has 0 spiro atoms. The van der Waals surface area contributed by atoms with Gasteiger partial charge in [-0.2, -0.15) is 4.31 Å². The fraction of sp³-hybridized carbons (Fsp3) is 0.300. The van der Waals surface area contributed by atoms with Gasteiger partial charge in [0.05, 0.1) is 10.6 Å². The number of aromatic nitrogens is 1. The van der Waals surface area contributed by atoms with E-state index in [0.717, 1.165) is 16.5 Å². The highest BCUT2D eigenvalue weighted by atomic mass is 32.2. The molecule has 0 aliphatic carbocycles. The summed E-state index contributed by atoms with van der Waals surface area (Å²) in [5.74, 6) is -0.288. The summed E-state index contributed by atoms with van der Waals surface area (Å²) in [5.41, 5.74) is 0.872. The second kappa shape index (κ2) is 7.62. The Kier molecular flexibility index (Phi) is 5.18. The molecule has 1 fully saturated rings. The molecule has 0 unspecified atom stereocenters. The average Bonchev–Trinajstić information content (AvgIpc) is 3.12. The summed E-state index contributed by atoms with van der Waals surface area (Å²) < 4.78 is 27.5. The van der Waals surface area contributed by atoms with Gasteiger partial charge in [0.25, 0.3) is 0 Å². The van der Waals surface area contributed by atoms with E-state index in [0.29, 0.717) is 36.0 Å². The van der Waals surface area contributed by atoms with Gasteiger partial charge >= 0.3 is 0 Å². The van der Waals surface area contributed by atoms with Crippen LogP contribution in [0, 0.1) is 12.8 Å². The number of aryl methyl sites for hydroxylation is 1. The number of thiazole rings is 1. The molecule has 146 valence electrons. The topological polar surface area (TPSA) is 79.4 Å². The number of sulfonamides is 1. The fourth-order valence-electron chi connectivity index (χ4n) is 3.45. The summed E-state index contributed by atoms with van der Waals surface area (Å²) >= 11 is 1.40. The van der Waals surface area contributed by atoms with E-state index in [2.05, 4.69) is 10.3 Å². The van der Waals surface area contributed by atoms with Crippen molar-refractivity contribution >= 4 is 43.2 Å². The summed E-state index contributed by atoms with van der Waals surface area (Å²) in [5, 5.41) is 7.22. The average molecular weight is 416 g/mol. The Morgan fingerprint density at radius 1 is 1.14 bits per heavy atom. The largest absolute Gasteiger partial charge is 0.302 e. The molecule has 3 aromatic rings. The van der Waals surface area contributed by atoms with Crippen molar-refractivity contribution in [2.45, 2.75) is 24.7 Å². The maximum atomic E-state index is 13.0. The first-order valence-corrected chi connectivity index (χ1v) is 11.5. The normalized spacial score (nSPS) is 16.3. The lowest BCUT2D eigenvalue weighted by Gasteiger charge is -2.30. The quantitative estimate of drug-likeness (QED) is 0.705. The van der Waals surface area contributed by atoms with Crippen LogP contribution in [0.4, 0.5) is 5.13 Å². The minimum absolute atomic E-state index is 0.0860. The number of hydrogen-bond donors (Lipinski definition) is 1. The Balaban J connectivity index is 1.43. The molecule has 1 amide bonds. The van der Waals surface area contributed by atoms with Gasteiger partial charge in [0.2, 0.25) is 15.9 Å². The summed E-state index contributed by atoms with van der Waals surface area (Å²) in [4.78, 5) is 17.0. The number of piperidine rings is 1. The first-order chi connectivity index (χ1) is 13.4. The number of nitrogens with one attached hydrogen (secondary N) is 1. The smallest absolute Gasteiger partial charge is 0.243 e. The third kappa shape index (κ3) is 3.80. The fourth-order valence-corrected chi connectivity index (χ4v) is 5.65. The zero-order valence-electron chi connectivity index (χ0n) is 15.5. The monoisotopic (exact) mass is 415 g/mol. The van der Waals surface area contributed by atoms with Gasteiger partial charge in [0, 0.05) is 24.4 Å². The maximum Gasteiger partial charge on any atom is 0.243 e. The van der Waals surface area contributed by atoms with Crippen LogP contribution in [0.25, 0.3) is 10.8 Å². The Morgan fingerprint density at radius 2 is 1.86 bits per heavy atom.